The molecule has 0 aromatic carbocycles. The van der Waals surface area contributed by atoms with Crippen molar-refractivity contribution in [2.45, 2.75) is 34.1 Å². The number of allylic oxidation sites excluding steroid dienone is 4. The maximum atomic E-state index is 3.38. The Kier molecular flexibility index (Phi) is 3.56. The van der Waals surface area contributed by atoms with E-state index in [0.29, 0.717) is 0 Å². The Bertz CT molecular complexity index is 254. The molecule has 1 aliphatic carbocycles. The average molecular weight is 191 g/mol. The molecule has 0 atom stereocenters. The first-order valence-electron chi connectivity index (χ1n) is 5.53. The second-order valence-corrected chi connectivity index (χ2v) is 4.10. The standard InChI is InChI=1S/C11H15N.C2H6/c1-11(2)6-3-9-5-8-12-10(9)4-7-11;1-2/h3-4,6-7,12H,5,8H2,1-2H3;1-2H3. The largest absolute Gasteiger partial charge is 0.384 e. The van der Waals surface area contributed by atoms with Crippen LogP contribution in [-0.4, -0.2) is 6.54 Å². The predicted octanol–water partition coefficient (Wildman–Crippen LogP) is 3.41. The Morgan fingerprint density at radius 2 is 1.79 bits per heavy atom. The first-order valence-corrected chi connectivity index (χ1v) is 5.53. The van der Waals surface area contributed by atoms with Crippen molar-refractivity contribution in [3.63, 3.8) is 0 Å². The van der Waals surface area contributed by atoms with Crippen LogP contribution in [0.5, 0.6) is 0 Å². The summed E-state index contributed by atoms with van der Waals surface area (Å²) in [5.74, 6) is 0. The van der Waals surface area contributed by atoms with E-state index in [1.807, 2.05) is 13.8 Å². The molecule has 0 aromatic heterocycles. The monoisotopic (exact) mass is 191 g/mol. The van der Waals surface area contributed by atoms with E-state index in [4.69, 9.17) is 0 Å². The van der Waals surface area contributed by atoms with Crippen LogP contribution >= 0.6 is 0 Å². The van der Waals surface area contributed by atoms with E-state index >= 15 is 0 Å². The Morgan fingerprint density at radius 1 is 1.14 bits per heavy atom. The Balaban J connectivity index is 0.000000461. The third-order valence-corrected chi connectivity index (χ3v) is 2.45. The van der Waals surface area contributed by atoms with Crippen molar-refractivity contribution in [2.24, 2.45) is 5.41 Å². The first-order chi connectivity index (χ1) is 6.67. The fourth-order valence-corrected chi connectivity index (χ4v) is 1.59. The molecule has 0 aromatic rings. The van der Waals surface area contributed by atoms with E-state index in [1.54, 1.807) is 0 Å². The summed E-state index contributed by atoms with van der Waals surface area (Å²) in [6.45, 7) is 9.55. The lowest BCUT2D eigenvalue weighted by molar-refractivity contribution is 0.625. The quantitative estimate of drug-likeness (QED) is 0.618. The normalized spacial score (nSPS) is 22.0. The van der Waals surface area contributed by atoms with E-state index in [9.17, 15) is 0 Å². The van der Waals surface area contributed by atoms with Crippen molar-refractivity contribution < 1.29 is 0 Å². The molecule has 0 fully saturated rings. The minimum absolute atomic E-state index is 0.214. The highest BCUT2D eigenvalue weighted by atomic mass is 14.9. The summed E-state index contributed by atoms with van der Waals surface area (Å²) in [7, 11) is 0. The van der Waals surface area contributed by atoms with Gasteiger partial charge in [-0.25, -0.2) is 0 Å². The van der Waals surface area contributed by atoms with E-state index in [2.05, 4.69) is 43.5 Å². The second-order valence-electron chi connectivity index (χ2n) is 4.10. The van der Waals surface area contributed by atoms with E-state index in [0.717, 1.165) is 6.54 Å². The molecule has 1 N–H and O–H groups in total. The fourth-order valence-electron chi connectivity index (χ4n) is 1.59. The maximum absolute atomic E-state index is 3.38. The molecule has 2 aliphatic rings. The van der Waals surface area contributed by atoms with Gasteiger partial charge in [0, 0.05) is 17.7 Å². The van der Waals surface area contributed by atoms with Gasteiger partial charge in [-0.3, -0.25) is 0 Å². The summed E-state index contributed by atoms with van der Waals surface area (Å²) in [6.07, 6.45) is 10.2. The van der Waals surface area contributed by atoms with Crippen LogP contribution < -0.4 is 5.32 Å². The van der Waals surface area contributed by atoms with Gasteiger partial charge in [-0.05, 0) is 18.1 Å². The van der Waals surface area contributed by atoms with Gasteiger partial charge in [0.2, 0.25) is 0 Å². The molecule has 1 heteroatoms. The molecular weight excluding hydrogens is 170 g/mol. The first kappa shape index (κ1) is 11.1. The van der Waals surface area contributed by atoms with Crippen molar-refractivity contribution in [2.75, 3.05) is 6.54 Å². The van der Waals surface area contributed by atoms with Crippen LogP contribution in [0.25, 0.3) is 0 Å². The van der Waals surface area contributed by atoms with Gasteiger partial charge < -0.3 is 5.32 Å². The summed E-state index contributed by atoms with van der Waals surface area (Å²) in [4.78, 5) is 0. The summed E-state index contributed by atoms with van der Waals surface area (Å²) >= 11 is 0. The zero-order valence-electron chi connectivity index (χ0n) is 9.72. The van der Waals surface area contributed by atoms with Gasteiger partial charge in [0.1, 0.15) is 0 Å². The minimum Gasteiger partial charge on any atom is -0.384 e. The van der Waals surface area contributed by atoms with Gasteiger partial charge in [0.05, 0.1) is 0 Å². The molecule has 1 heterocycles. The zero-order valence-corrected chi connectivity index (χ0v) is 9.72. The van der Waals surface area contributed by atoms with Crippen molar-refractivity contribution in [3.8, 4) is 0 Å². The SMILES string of the molecule is CC.CC1(C)C=CC2=C(C=C1)NCC2. The van der Waals surface area contributed by atoms with E-state index in [1.165, 1.54) is 17.7 Å². The molecule has 0 saturated heterocycles. The zero-order chi connectivity index (χ0) is 10.6. The molecule has 0 amide bonds. The smallest absolute Gasteiger partial charge is 0.0370 e. The topological polar surface area (TPSA) is 12.0 Å². The lowest BCUT2D eigenvalue weighted by atomic mass is 9.93. The molecular formula is C13H21N. The van der Waals surface area contributed by atoms with Crippen LogP contribution in [0, 0.1) is 5.41 Å². The van der Waals surface area contributed by atoms with Crippen LogP contribution in [-0.2, 0) is 0 Å². The lowest BCUT2D eigenvalue weighted by Crippen LogP contribution is -2.06. The van der Waals surface area contributed by atoms with Crippen LogP contribution in [0.2, 0.25) is 0 Å². The highest BCUT2D eigenvalue weighted by molar-refractivity contribution is 5.39. The number of nitrogens with one attached hydrogen (secondary N) is 1. The molecule has 0 saturated carbocycles. The van der Waals surface area contributed by atoms with Gasteiger partial charge in [0.15, 0.2) is 0 Å². The van der Waals surface area contributed by atoms with Crippen molar-refractivity contribution in [1.29, 1.82) is 0 Å². The van der Waals surface area contributed by atoms with Gasteiger partial charge in [-0.15, -0.1) is 0 Å². The Morgan fingerprint density at radius 3 is 2.50 bits per heavy atom. The molecule has 1 nitrogen and oxygen atoms in total. The molecule has 0 bridgehead atoms. The maximum Gasteiger partial charge on any atom is 0.0370 e. The van der Waals surface area contributed by atoms with E-state index in [-0.39, 0.29) is 5.41 Å². The van der Waals surface area contributed by atoms with E-state index < -0.39 is 0 Å². The summed E-state index contributed by atoms with van der Waals surface area (Å²) < 4.78 is 0. The average Bonchev–Trinajstić information content (AvgIpc) is 2.58. The van der Waals surface area contributed by atoms with Crippen LogP contribution in [0.4, 0.5) is 0 Å². The molecule has 0 unspecified atom stereocenters. The summed E-state index contributed by atoms with van der Waals surface area (Å²) in [5, 5.41) is 3.38. The van der Waals surface area contributed by atoms with Crippen molar-refractivity contribution in [1.82, 2.24) is 5.32 Å². The number of hydrogen-bond acceptors (Lipinski definition) is 1. The van der Waals surface area contributed by atoms with Crippen molar-refractivity contribution >= 4 is 0 Å². The molecule has 1 aliphatic heterocycles. The molecule has 2 rings (SSSR count). The molecule has 78 valence electrons. The number of hydrogen-bond donors (Lipinski definition) is 1. The van der Waals surface area contributed by atoms with Gasteiger partial charge in [-0.2, -0.15) is 0 Å². The summed E-state index contributed by atoms with van der Waals surface area (Å²) in [6, 6.07) is 0. The number of rotatable bonds is 0. The highest BCUT2D eigenvalue weighted by Crippen LogP contribution is 2.27. The van der Waals surface area contributed by atoms with Crippen LogP contribution in [0.15, 0.2) is 35.6 Å². The van der Waals surface area contributed by atoms with Gasteiger partial charge in [-0.1, -0.05) is 45.9 Å². The minimum atomic E-state index is 0.214. The lowest BCUT2D eigenvalue weighted by Gasteiger charge is -2.12. The van der Waals surface area contributed by atoms with Crippen LogP contribution in [0.3, 0.4) is 0 Å². The van der Waals surface area contributed by atoms with Crippen molar-refractivity contribution in [3.05, 3.63) is 35.6 Å². The van der Waals surface area contributed by atoms with Gasteiger partial charge in [0.25, 0.3) is 0 Å². The predicted molar refractivity (Wildman–Crippen MR) is 63.1 cm³/mol. The Hall–Kier alpha value is -0.980. The highest BCUT2D eigenvalue weighted by Gasteiger charge is 2.16. The molecule has 0 radical (unpaired) electrons. The second kappa shape index (κ2) is 4.50. The molecule has 0 spiro atoms. The molecule has 14 heavy (non-hydrogen) atoms. The third-order valence-electron chi connectivity index (χ3n) is 2.45. The third kappa shape index (κ3) is 2.50. The van der Waals surface area contributed by atoms with Gasteiger partial charge >= 0.3 is 0 Å². The summed E-state index contributed by atoms with van der Waals surface area (Å²) in [5.41, 5.74) is 2.99. The van der Waals surface area contributed by atoms with Crippen LogP contribution in [0.1, 0.15) is 34.1 Å². The fraction of sp³-hybridized carbons (Fsp3) is 0.538. The Labute approximate surface area is 87.6 Å².